The number of aromatic nitrogens is 1. The summed E-state index contributed by atoms with van der Waals surface area (Å²) in [4.78, 5) is 38.7. The van der Waals surface area contributed by atoms with Crippen LogP contribution in [0, 0.1) is 13.8 Å². The molecule has 13 heteroatoms. The zero-order chi connectivity index (χ0) is 34.8. The predicted octanol–water partition coefficient (Wildman–Crippen LogP) is 10.4. The molecular formula is C35H27Cl5N2O4S2. The van der Waals surface area contributed by atoms with Crippen molar-refractivity contribution in [3.63, 3.8) is 0 Å². The molecule has 0 saturated carbocycles. The number of halogens is 5. The van der Waals surface area contributed by atoms with Crippen molar-refractivity contribution in [2.24, 2.45) is 5.73 Å². The average molecular weight is 781 g/mol. The molecule has 1 aromatic heterocycles. The van der Waals surface area contributed by atoms with Crippen LogP contribution in [-0.4, -0.2) is 26.3 Å². The van der Waals surface area contributed by atoms with Gasteiger partial charge >= 0.3 is 0 Å². The van der Waals surface area contributed by atoms with Crippen LogP contribution in [0.4, 0.5) is 0 Å². The van der Waals surface area contributed by atoms with Crippen LogP contribution >= 0.6 is 81.6 Å². The van der Waals surface area contributed by atoms with Crippen molar-refractivity contribution < 1.29 is 14.7 Å². The number of carbonyl (C=O) groups is 1. The van der Waals surface area contributed by atoms with Crippen LogP contribution < -0.4 is 10.5 Å². The quantitative estimate of drug-likeness (QED) is 0.0791. The van der Waals surface area contributed by atoms with Gasteiger partial charge in [-0.3, -0.25) is 9.59 Å². The van der Waals surface area contributed by atoms with Gasteiger partial charge < -0.3 is 10.8 Å². The van der Waals surface area contributed by atoms with E-state index in [0.29, 0.717) is 41.8 Å². The van der Waals surface area contributed by atoms with Crippen molar-refractivity contribution in [1.29, 1.82) is 0 Å². The van der Waals surface area contributed by atoms with E-state index < -0.39 is 5.24 Å². The zero-order valence-electron chi connectivity index (χ0n) is 24.5. The highest BCUT2D eigenvalue weighted by Crippen LogP contribution is 2.37. The Bertz CT molecular complexity index is 2000. The number of nitrogens with two attached hydrogens (primary N) is 1. The summed E-state index contributed by atoms with van der Waals surface area (Å²) < 4.78 is -0.302. The van der Waals surface area contributed by atoms with Crippen molar-refractivity contribution in [3.05, 3.63) is 137 Å². The molecule has 0 bridgehead atoms. The number of aryl methyl sites for hydroxylation is 2. The molecule has 5 aromatic rings. The first-order valence-electron chi connectivity index (χ1n) is 13.3. The van der Waals surface area contributed by atoms with Gasteiger partial charge in [0.05, 0.1) is 10.0 Å². The molecule has 0 saturated heterocycles. The molecule has 3 N–H and O–H groups in total. The maximum absolute atomic E-state index is 12.6. The van der Waals surface area contributed by atoms with E-state index in [1.165, 1.54) is 12.0 Å². The standard InChI is InChI=1S/C17H11Cl2NO2S.C10H5Cl3O2.C7H7NS.CH4/c1-9-7-11(18)8-12(19)13(9)14-15(21)20-16(23-17(14)22)10-5-3-2-4-6-10;1-5-2-6(11)3-8(12)9(5)7(4-14)10(13)15;8-7(9)6-4-2-1-3-5-6;/h2-8,21H,1H3;2-3H,1H3;1-5H,(H2,8,9);1H4. The summed E-state index contributed by atoms with van der Waals surface area (Å²) >= 11 is 34.7. The summed E-state index contributed by atoms with van der Waals surface area (Å²) in [7, 11) is 0. The van der Waals surface area contributed by atoms with E-state index in [2.05, 4.69) is 4.98 Å². The molecule has 5 rings (SSSR count). The first-order valence-corrected chi connectivity index (χ1v) is 16.4. The second-order valence-corrected chi connectivity index (χ2v) is 12.9. The minimum absolute atomic E-state index is 0. The lowest BCUT2D eigenvalue weighted by atomic mass is 10.0. The average Bonchev–Trinajstić information content (AvgIpc) is 3.01. The summed E-state index contributed by atoms with van der Waals surface area (Å²) in [6.07, 6.45) is 0. The molecule has 0 aliphatic heterocycles. The van der Waals surface area contributed by atoms with Crippen LogP contribution in [0.25, 0.3) is 27.3 Å². The minimum atomic E-state index is -0.891. The molecular weight excluding hydrogens is 754 g/mol. The van der Waals surface area contributed by atoms with Crippen LogP contribution in [0.2, 0.25) is 20.1 Å². The number of carbonyl (C=O) groups excluding carboxylic acids is 2. The number of allylic oxidation sites excluding steroid dienone is 1. The Morgan fingerprint density at radius 1 is 0.854 bits per heavy atom. The molecule has 1 heterocycles. The maximum Gasteiger partial charge on any atom is 0.264 e. The van der Waals surface area contributed by atoms with E-state index in [9.17, 15) is 19.5 Å². The van der Waals surface area contributed by atoms with Gasteiger partial charge in [0, 0.05) is 32.3 Å². The molecule has 0 radical (unpaired) electrons. The summed E-state index contributed by atoms with van der Waals surface area (Å²) in [6.45, 7) is 3.45. The van der Waals surface area contributed by atoms with Gasteiger partial charge in [0.25, 0.3) is 5.24 Å². The van der Waals surface area contributed by atoms with Crippen LogP contribution in [0.3, 0.4) is 0 Å². The summed E-state index contributed by atoms with van der Waals surface area (Å²) in [6, 6.07) is 25.0. The normalized spacial score (nSPS) is 9.81. The first-order chi connectivity index (χ1) is 22.2. The topological polar surface area (TPSA) is 110 Å². The summed E-state index contributed by atoms with van der Waals surface area (Å²) in [5.41, 5.74) is 8.90. The fourth-order valence-corrected chi connectivity index (χ4v) is 6.66. The number of thiocarbonyl (C=S) groups is 1. The highest BCUT2D eigenvalue weighted by Gasteiger charge is 2.20. The van der Waals surface area contributed by atoms with E-state index in [1.54, 1.807) is 32.0 Å². The van der Waals surface area contributed by atoms with Gasteiger partial charge in [-0.15, -0.1) is 0 Å². The third-order valence-corrected chi connectivity index (χ3v) is 8.57. The minimum Gasteiger partial charge on any atom is -0.493 e. The van der Waals surface area contributed by atoms with Gasteiger partial charge in [-0.05, 0) is 60.8 Å². The maximum atomic E-state index is 12.6. The Labute approximate surface area is 312 Å². The largest absolute Gasteiger partial charge is 0.493 e. The van der Waals surface area contributed by atoms with E-state index >= 15 is 0 Å². The highest BCUT2D eigenvalue weighted by molar-refractivity contribution is 7.80. The van der Waals surface area contributed by atoms with Crippen LogP contribution in [-0.2, 0) is 9.59 Å². The van der Waals surface area contributed by atoms with Crippen molar-refractivity contribution in [3.8, 4) is 27.6 Å². The lowest BCUT2D eigenvalue weighted by Crippen LogP contribution is -2.08. The smallest absolute Gasteiger partial charge is 0.264 e. The van der Waals surface area contributed by atoms with Crippen LogP contribution in [0.15, 0.2) is 89.7 Å². The van der Waals surface area contributed by atoms with Crippen LogP contribution in [0.1, 0.15) is 29.7 Å². The molecule has 0 unspecified atom stereocenters. The molecule has 6 nitrogen and oxygen atoms in total. The van der Waals surface area contributed by atoms with Gasteiger partial charge in [0.2, 0.25) is 10.6 Å². The molecule has 248 valence electrons. The van der Waals surface area contributed by atoms with Gasteiger partial charge in [-0.2, -0.15) is 0 Å². The van der Waals surface area contributed by atoms with Gasteiger partial charge in [-0.1, -0.05) is 138 Å². The molecule has 0 aliphatic rings. The monoisotopic (exact) mass is 778 g/mol. The predicted molar refractivity (Wildman–Crippen MR) is 206 cm³/mol. The second-order valence-electron chi connectivity index (χ2n) is 9.51. The van der Waals surface area contributed by atoms with Gasteiger partial charge in [0.15, 0.2) is 0 Å². The number of hydrogen-bond donors (Lipinski definition) is 2. The molecule has 48 heavy (non-hydrogen) atoms. The Balaban J connectivity index is 0.000000275. The van der Waals surface area contributed by atoms with Crippen molar-refractivity contribution in [2.75, 3.05) is 0 Å². The lowest BCUT2D eigenvalue weighted by molar-refractivity contribution is -0.106. The third-order valence-electron chi connectivity index (χ3n) is 6.21. The number of hydrogen-bond acceptors (Lipinski definition) is 7. The molecule has 0 aliphatic carbocycles. The molecule has 0 atom stereocenters. The summed E-state index contributed by atoms with van der Waals surface area (Å²) in [5.74, 6) is 1.14. The Morgan fingerprint density at radius 2 is 1.38 bits per heavy atom. The number of benzene rings is 4. The van der Waals surface area contributed by atoms with Gasteiger partial charge in [0.1, 0.15) is 27.1 Å². The highest BCUT2D eigenvalue weighted by atomic mass is 35.5. The fraction of sp³-hybridized carbons (Fsp3) is 0.0857. The number of rotatable bonds is 5. The molecule has 0 amide bonds. The molecule has 0 spiro atoms. The van der Waals surface area contributed by atoms with E-state index in [4.69, 9.17) is 76.0 Å². The number of nitrogens with zero attached hydrogens (tertiary/aromatic N) is 1. The molecule has 0 fully saturated rings. The summed E-state index contributed by atoms with van der Waals surface area (Å²) in [5, 5.41) is 11.3. The Kier molecular flexibility index (Phi) is 15.9. The second kappa shape index (κ2) is 18.8. The Morgan fingerprint density at radius 3 is 1.81 bits per heavy atom. The van der Waals surface area contributed by atoms with Crippen molar-refractivity contribution >= 4 is 103 Å². The fourth-order valence-electron chi connectivity index (χ4n) is 4.15. The van der Waals surface area contributed by atoms with E-state index in [-0.39, 0.29) is 39.8 Å². The van der Waals surface area contributed by atoms with E-state index in [0.717, 1.165) is 22.5 Å². The lowest BCUT2D eigenvalue weighted by Gasteiger charge is -2.10. The van der Waals surface area contributed by atoms with Crippen LogP contribution in [0.5, 0.6) is 5.88 Å². The van der Waals surface area contributed by atoms with Gasteiger partial charge in [-0.25, -0.2) is 9.78 Å². The zero-order valence-corrected chi connectivity index (χ0v) is 29.9. The van der Waals surface area contributed by atoms with E-state index in [1.807, 2.05) is 60.7 Å². The Hall–Kier alpha value is -3.56. The SMILES string of the molecule is C.Cc1cc(Cl)cc(Cl)c1-c1c(O)nc(-c2ccccc2)sc1=O.Cc1cc(Cl)cc(Cl)c1C(=C=O)C(=O)Cl.NC(=S)c1ccccc1. The number of aromatic hydroxyl groups is 1. The third kappa shape index (κ3) is 10.7. The van der Waals surface area contributed by atoms with Crippen molar-refractivity contribution in [1.82, 2.24) is 4.98 Å². The van der Waals surface area contributed by atoms with Crippen molar-refractivity contribution in [2.45, 2.75) is 21.3 Å². The first kappa shape index (κ1) is 40.6. The molecule has 4 aromatic carbocycles.